The molecular formula is C17H22N2. The van der Waals surface area contributed by atoms with Crippen molar-refractivity contribution >= 4 is 10.9 Å². The van der Waals surface area contributed by atoms with Gasteiger partial charge in [-0.2, -0.15) is 0 Å². The normalized spacial score (nSPS) is 22.8. The lowest BCUT2D eigenvalue weighted by Crippen LogP contribution is -2.49. The van der Waals surface area contributed by atoms with Crippen molar-refractivity contribution < 1.29 is 0 Å². The van der Waals surface area contributed by atoms with E-state index in [0.29, 0.717) is 5.54 Å². The average Bonchev–Trinajstić information content (AvgIpc) is 2.84. The van der Waals surface area contributed by atoms with Gasteiger partial charge in [0.2, 0.25) is 0 Å². The Balaban J connectivity index is 1.95. The SMILES string of the molecule is CN1CCc2c([nH]c3ccccc23)C12CCCCC2. The molecule has 2 aliphatic rings. The van der Waals surface area contributed by atoms with Crippen molar-refractivity contribution in [3.63, 3.8) is 0 Å². The molecule has 2 heterocycles. The van der Waals surface area contributed by atoms with Crippen LogP contribution >= 0.6 is 0 Å². The lowest BCUT2D eigenvalue weighted by atomic mass is 9.74. The molecule has 100 valence electrons. The van der Waals surface area contributed by atoms with E-state index in [1.165, 1.54) is 61.7 Å². The van der Waals surface area contributed by atoms with Crippen LogP contribution in [0.2, 0.25) is 0 Å². The molecule has 2 nitrogen and oxygen atoms in total. The number of H-pyrrole nitrogens is 1. The van der Waals surface area contributed by atoms with E-state index in [0.717, 1.165) is 0 Å². The number of aromatic amines is 1. The first-order valence-electron chi connectivity index (χ1n) is 7.63. The maximum atomic E-state index is 3.77. The number of hydrogen-bond donors (Lipinski definition) is 1. The predicted molar refractivity (Wildman–Crippen MR) is 79.4 cm³/mol. The second-order valence-corrected chi connectivity index (χ2v) is 6.29. The van der Waals surface area contributed by atoms with E-state index in [9.17, 15) is 0 Å². The van der Waals surface area contributed by atoms with E-state index < -0.39 is 0 Å². The van der Waals surface area contributed by atoms with E-state index in [2.05, 4.69) is 41.2 Å². The van der Waals surface area contributed by atoms with Gasteiger partial charge in [0.25, 0.3) is 0 Å². The van der Waals surface area contributed by atoms with E-state index in [4.69, 9.17) is 0 Å². The fourth-order valence-corrected chi connectivity index (χ4v) is 4.31. The highest BCUT2D eigenvalue weighted by molar-refractivity contribution is 5.85. The van der Waals surface area contributed by atoms with E-state index in [1.807, 2.05) is 0 Å². The molecule has 0 amide bonds. The number of para-hydroxylation sites is 1. The Hall–Kier alpha value is -1.28. The largest absolute Gasteiger partial charge is 0.357 e. The van der Waals surface area contributed by atoms with Crippen LogP contribution in [0.15, 0.2) is 24.3 Å². The fraction of sp³-hybridized carbons (Fsp3) is 0.529. The summed E-state index contributed by atoms with van der Waals surface area (Å²) < 4.78 is 0. The maximum absolute atomic E-state index is 3.77. The van der Waals surface area contributed by atoms with Gasteiger partial charge in [-0.05, 0) is 37.9 Å². The molecule has 2 aromatic rings. The summed E-state index contributed by atoms with van der Waals surface area (Å²) >= 11 is 0. The summed E-state index contributed by atoms with van der Waals surface area (Å²) in [6.45, 7) is 1.20. The average molecular weight is 254 g/mol. The zero-order chi connectivity index (χ0) is 12.9. The molecule has 0 radical (unpaired) electrons. The molecule has 1 fully saturated rings. The van der Waals surface area contributed by atoms with E-state index >= 15 is 0 Å². The third kappa shape index (κ3) is 1.53. The number of aromatic nitrogens is 1. The monoisotopic (exact) mass is 254 g/mol. The van der Waals surface area contributed by atoms with Crippen LogP contribution < -0.4 is 0 Å². The van der Waals surface area contributed by atoms with E-state index in [1.54, 1.807) is 5.56 Å². The summed E-state index contributed by atoms with van der Waals surface area (Å²) in [6, 6.07) is 8.82. The maximum Gasteiger partial charge on any atom is 0.0612 e. The molecule has 19 heavy (non-hydrogen) atoms. The van der Waals surface area contributed by atoms with Crippen LogP contribution in [-0.4, -0.2) is 23.5 Å². The van der Waals surface area contributed by atoms with Crippen molar-refractivity contribution in [1.82, 2.24) is 9.88 Å². The Morgan fingerprint density at radius 3 is 2.74 bits per heavy atom. The number of nitrogens with one attached hydrogen (secondary N) is 1. The molecule has 4 rings (SSSR count). The van der Waals surface area contributed by atoms with Gasteiger partial charge < -0.3 is 4.98 Å². The van der Waals surface area contributed by atoms with Crippen molar-refractivity contribution in [2.45, 2.75) is 44.1 Å². The Labute approximate surface area is 114 Å². The third-order valence-electron chi connectivity index (χ3n) is 5.39. The lowest BCUT2D eigenvalue weighted by Gasteiger charge is -2.47. The molecule has 2 heteroatoms. The molecule has 1 spiro atoms. The second-order valence-electron chi connectivity index (χ2n) is 6.29. The zero-order valence-corrected chi connectivity index (χ0v) is 11.7. The number of benzene rings is 1. The van der Waals surface area contributed by atoms with Crippen LogP contribution in [0.4, 0.5) is 0 Å². The molecule has 1 N–H and O–H groups in total. The number of likely N-dealkylation sites (N-methyl/N-ethyl adjacent to an activating group) is 1. The van der Waals surface area contributed by atoms with Crippen molar-refractivity contribution in [1.29, 1.82) is 0 Å². The van der Waals surface area contributed by atoms with Crippen LogP contribution in [0.1, 0.15) is 43.4 Å². The Morgan fingerprint density at radius 1 is 1.11 bits per heavy atom. The van der Waals surface area contributed by atoms with Gasteiger partial charge in [-0.25, -0.2) is 0 Å². The van der Waals surface area contributed by atoms with Gasteiger partial charge in [0.15, 0.2) is 0 Å². The highest BCUT2D eigenvalue weighted by Gasteiger charge is 2.43. The first-order chi connectivity index (χ1) is 9.31. The minimum atomic E-state index is 0.296. The van der Waals surface area contributed by atoms with Crippen LogP contribution in [0, 0.1) is 0 Å². The summed E-state index contributed by atoms with van der Waals surface area (Å²) in [6.07, 6.45) is 7.99. The third-order valence-corrected chi connectivity index (χ3v) is 5.39. The van der Waals surface area contributed by atoms with Gasteiger partial charge in [-0.15, -0.1) is 0 Å². The molecule has 0 unspecified atom stereocenters. The molecule has 1 aliphatic carbocycles. The standard InChI is InChI=1S/C17H22N2/c1-19-12-9-14-13-7-3-4-8-15(13)18-16(14)17(19)10-5-2-6-11-17/h3-4,7-8,18H,2,5-6,9-12H2,1H3. The second kappa shape index (κ2) is 4.11. The zero-order valence-electron chi connectivity index (χ0n) is 11.7. The van der Waals surface area contributed by atoms with Gasteiger partial charge in [-0.1, -0.05) is 37.5 Å². The van der Waals surface area contributed by atoms with Gasteiger partial charge in [-0.3, -0.25) is 4.90 Å². The Kier molecular flexibility index (Phi) is 2.49. The number of nitrogens with zero attached hydrogens (tertiary/aromatic N) is 1. The van der Waals surface area contributed by atoms with Crippen LogP contribution in [-0.2, 0) is 12.0 Å². The fourth-order valence-electron chi connectivity index (χ4n) is 4.31. The topological polar surface area (TPSA) is 19.0 Å². The Bertz CT molecular complexity index is 605. The molecule has 1 aromatic heterocycles. The summed E-state index contributed by atoms with van der Waals surface area (Å²) in [5.41, 5.74) is 4.75. The summed E-state index contributed by atoms with van der Waals surface area (Å²) in [7, 11) is 2.32. The van der Waals surface area contributed by atoms with Gasteiger partial charge in [0.05, 0.1) is 5.54 Å². The summed E-state index contributed by atoms with van der Waals surface area (Å²) in [5.74, 6) is 0. The minimum absolute atomic E-state index is 0.296. The molecule has 0 saturated heterocycles. The quantitative estimate of drug-likeness (QED) is 0.757. The van der Waals surface area contributed by atoms with Gasteiger partial charge in [0, 0.05) is 23.1 Å². The number of hydrogen-bond acceptors (Lipinski definition) is 1. The van der Waals surface area contributed by atoms with Crippen LogP contribution in [0.5, 0.6) is 0 Å². The minimum Gasteiger partial charge on any atom is -0.357 e. The highest BCUT2D eigenvalue weighted by Crippen LogP contribution is 2.46. The lowest BCUT2D eigenvalue weighted by molar-refractivity contribution is 0.0589. The van der Waals surface area contributed by atoms with Crippen molar-refractivity contribution in [2.75, 3.05) is 13.6 Å². The molecular weight excluding hydrogens is 232 g/mol. The molecule has 0 atom stereocenters. The highest BCUT2D eigenvalue weighted by atomic mass is 15.2. The molecule has 0 bridgehead atoms. The van der Waals surface area contributed by atoms with Crippen molar-refractivity contribution in [3.8, 4) is 0 Å². The molecule has 1 aliphatic heterocycles. The van der Waals surface area contributed by atoms with Crippen LogP contribution in [0.25, 0.3) is 10.9 Å². The first-order valence-corrected chi connectivity index (χ1v) is 7.63. The van der Waals surface area contributed by atoms with Crippen LogP contribution in [0.3, 0.4) is 0 Å². The van der Waals surface area contributed by atoms with Gasteiger partial charge >= 0.3 is 0 Å². The molecule has 1 saturated carbocycles. The number of rotatable bonds is 0. The van der Waals surface area contributed by atoms with Crippen molar-refractivity contribution in [3.05, 3.63) is 35.5 Å². The van der Waals surface area contributed by atoms with E-state index in [-0.39, 0.29) is 0 Å². The first kappa shape index (κ1) is 11.5. The Morgan fingerprint density at radius 2 is 1.89 bits per heavy atom. The molecule has 1 aromatic carbocycles. The smallest absolute Gasteiger partial charge is 0.0612 e. The van der Waals surface area contributed by atoms with Crippen molar-refractivity contribution in [2.24, 2.45) is 0 Å². The number of fused-ring (bicyclic) bond motifs is 4. The summed E-state index contributed by atoms with van der Waals surface area (Å²) in [4.78, 5) is 6.38. The predicted octanol–water partition coefficient (Wildman–Crippen LogP) is 3.82. The summed E-state index contributed by atoms with van der Waals surface area (Å²) in [5, 5.41) is 1.45. The van der Waals surface area contributed by atoms with Gasteiger partial charge in [0.1, 0.15) is 0 Å².